The summed E-state index contributed by atoms with van der Waals surface area (Å²) in [5, 5.41) is 10.2. The number of rotatable bonds is 14. The van der Waals surface area contributed by atoms with Crippen LogP contribution in [0.3, 0.4) is 0 Å². The van der Waals surface area contributed by atoms with E-state index in [4.69, 9.17) is 4.79 Å². The fraction of sp³-hybridized carbons (Fsp3) is 0.882. The summed E-state index contributed by atoms with van der Waals surface area (Å²) in [5.74, 6) is -0.905. The Kier molecular flexibility index (Phi) is 28.8. The molecule has 5 nitrogen and oxygen atoms in total. The maximum absolute atomic E-state index is 10.2. The molecule has 0 saturated heterocycles. The van der Waals surface area contributed by atoms with Gasteiger partial charge in [0.05, 0.1) is 0 Å². The van der Waals surface area contributed by atoms with E-state index in [0.29, 0.717) is 0 Å². The first-order valence-electron chi connectivity index (χ1n) is 8.75. The molecule has 0 heterocycles. The molecule has 0 radical (unpaired) electrons. The van der Waals surface area contributed by atoms with Gasteiger partial charge in [0, 0.05) is 5.97 Å². The first-order chi connectivity index (χ1) is 10.5. The third-order valence-corrected chi connectivity index (χ3v) is 3.48. The SMILES string of the molecule is CCCCCCCCCCCCCCCC(=O)[O-].NC(N)=O.[Na+]. The molecular weight excluding hydrogens is 303 g/mol. The van der Waals surface area contributed by atoms with E-state index in [1.807, 2.05) is 0 Å². The van der Waals surface area contributed by atoms with Gasteiger partial charge in [0.15, 0.2) is 0 Å². The van der Waals surface area contributed by atoms with Crippen molar-refractivity contribution in [3.8, 4) is 0 Å². The second-order valence-corrected chi connectivity index (χ2v) is 5.77. The molecule has 0 spiro atoms. The van der Waals surface area contributed by atoms with Crippen LogP contribution >= 0.6 is 0 Å². The van der Waals surface area contributed by atoms with Crippen LogP contribution in [0.5, 0.6) is 0 Å². The molecule has 0 aromatic carbocycles. The van der Waals surface area contributed by atoms with Gasteiger partial charge in [-0.3, -0.25) is 0 Å². The van der Waals surface area contributed by atoms with E-state index in [1.54, 1.807) is 0 Å². The molecule has 0 rings (SSSR count). The van der Waals surface area contributed by atoms with Gasteiger partial charge in [-0.15, -0.1) is 0 Å². The predicted octanol–water partition coefficient (Wildman–Crippen LogP) is 0.245. The molecule has 6 heteroatoms. The summed E-state index contributed by atoms with van der Waals surface area (Å²) in [5.41, 5.74) is 8.50. The molecule has 0 aromatic rings. The van der Waals surface area contributed by atoms with Crippen molar-refractivity contribution in [3.05, 3.63) is 0 Å². The van der Waals surface area contributed by atoms with E-state index in [2.05, 4.69) is 18.4 Å². The van der Waals surface area contributed by atoms with Crippen LogP contribution in [-0.2, 0) is 4.79 Å². The minimum absolute atomic E-state index is 0. The van der Waals surface area contributed by atoms with Crippen molar-refractivity contribution in [1.29, 1.82) is 0 Å². The van der Waals surface area contributed by atoms with Gasteiger partial charge in [0.1, 0.15) is 0 Å². The van der Waals surface area contributed by atoms with Gasteiger partial charge < -0.3 is 21.4 Å². The Morgan fingerprint density at radius 3 is 1.22 bits per heavy atom. The average molecular weight is 338 g/mol. The van der Waals surface area contributed by atoms with Gasteiger partial charge >= 0.3 is 35.6 Å². The first kappa shape index (κ1) is 27.6. The summed E-state index contributed by atoms with van der Waals surface area (Å²) < 4.78 is 0. The third-order valence-electron chi connectivity index (χ3n) is 3.48. The number of urea groups is 1. The molecule has 4 N–H and O–H groups in total. The molecule has 132 valence electrons. The predicted molar refractivity (Wildman–Crippen MR) is 89.1 cm³/mol. The number of carboxylic acid groups (broad SMARTS) is 1. The normalized spacial score (nSPS) is 9.43. The van der Waals surface area contributed by atoms with Crippen molar-refractivity contribution in [1.82, 2.24) is 0 Å². The number of hydrogen-bond donors (Lipinski definition) is 2. The largest absolute Gasteiger partial charge is 1.00 e. The van der Waals surface area contributed by atoms with Gasteiger partial charge in [0.2, 0.25) is 0 Å². The molecule has 0 aromatic heterocycles. The van der Waals surface area contributed by atoms with Gasteiger partial charge in [-0.25, -0.2) is 4.79 Å². The maximum Gasteiger partial charge on any atom is 1.00 e. The molecular formula is C17H35N2NaO3. The summed E-state index contributed by atoms with van der Waals surface area (Å²) in [6.07, 6.45) is 16.9. The fourth-order valence-corrected chi connectivity index (χ4v) is 2.29. The summed E-state index contributed by atoms with van der Waals surface area (Å²) in [6, 6.07) is -0.833. The quantitative estimate of drug-likeness (QED) is 0.350. The van der Waals surface area contributed by atoms with Crippen LogP contribution < -0.4 is 46.1 Å². The van der Waals surface area contributed by atoms with E-state index in [0.717, 1.165) is 12.8 Å². The Morgan fingerprint density at radius 2 is 0.957 bits per heavy atom. The molecule has 2 amide bonds. The number of carbonyl (C=O) groups excluding carboxylic acids is 2. The number of nitrogens with two attached hydrogens (primary N) is 2. The van der Waals surface area contributed by atoms with Crippen molar-refractivity contribution < 1.29 is 44.3 Å². The summed E-state index contributed by atoms with van der Waals surface area (Å²) in [6.45, 7) is 2.26. The molecule has 0 aliphatic carbocycles. The van der Waals surface area contributed by atoms with Gasteiger partial charge in [-0.1, -0.05) is 84.0 Å². The summed E-state index contributed by atoms with van der Waals surface area (Å²) in [4.78, 5) is 19.2. The van der Waals surface area contributed by atoms with Crippen LogP contribution in [-0.4, -0.2) is 12.0 Å². The van der Waals surface area contributed by atoms with Crippen LogP contribution in [0.25, 0.3) is 0 Å². The van der Waals surface area contributed by atoms with E-state index in [1.165, 1.54) is 70.6 Å². The third kappa shape index (κ3) is 39.0. The Bertz CT molecular complexity index is 260. The van der Waals surface area contributed by atoms with Crippen LogP contribution in [0, 0.1) is 0 Å². The zero-order chi connectivity index (χ0) is 17.1. The first-order valence-corrected chi connectivity index (χ1v) is 8.75. The van der Waals surface area contributed by atoms with E-state index < -0.39 is 12.0 Å². The molecule has 0 unspecified atom stereocenters. The van der Waals surface area contributed by atoms with Crippen molar-refractivity contribution in [3.63, 3.8) is 0 Å². The van der Waals surface area contributed by atoms with Crippen LogP contribution in [0.1, 0.15) is 96.8 Å². The maximum atomic E-state index is 10.2. The Labute approximate surface area is 164 Å². The number of amides is 2. The summed E-state index contributed by atoms with van der Waals surface area (Å²) >= 11 is 0. The monoisotopic (exact) mass is 338 g/mol. The minimum atomic E-state index is -0.905. The van der Waals surface area contributed by atoms with Crippen LogP contribution in [0.15, 0.2) is 0 Å². The molecule has 0 fully saturated rings. The Morgan fingerprint density at radius 1 is 0.696 bits per heavy atom. The molecule has 0 saturated carbocycles. The van der Waals surface area contributed by atoms with E-state index in [9.17, 15) is 9.90 Å². The smallest absolute Gasteiger partial charge is 0.550 e. The topological polar surface area (TPSA) is 109 Å². The van der Waals surface area contributed by atoms with Crippen LogP contribution in [0.2, 0.25) is 0 Å². The molecule has 0 bridgehead atoms. The van der Waals surface area contributed by atoms with Crippen molar-refractivity contribution in [2.24, 2.45) is 11.5 Å². The second kappa shape index (κ2) is 24.0. The summed E-state index contributed by atoms with van der Waals surface area (Å²) in [7, 11) is 0. The Hall–Kier alpha value is -0.260. The fourth-order valence-electron chi connectivity index (χ4n) is 2.29. The number of carboxylic acids is 1. The number of unbranched alkanes of at least 4 members (excludes halogenated alkanes) is 12. The number of hydrogen-bond acceptors (Lipinski definition) is 3. The molecule has 0 aliphatic heterocycles. The van der Waals surface area contributed by atoms with E-state index in [-0.39, 0.29) is 36.0 Å². The van der Waals surface area contributed by atoms with Gasteiger partial charge in [-0.05, 0) is 12.8 Å². The number of aliphatic carboxylic acids is 1. The molecule has 0 aliphatic rings. The zero-order valence-electron chi connectivity index (χ0n) is 15.3. The minimum Gasteiger partial charge on any atom is -0.550 e. The molecule has 23 heavy (non-hydrogen) atoms. The second-order valence-electron chi connectivity index (χ2n) is 5.77. The average Bonchev–Trinajstić information content (AvgIpc) is 2.43. The van der Waals surface area contributed by atoms with Crippen molar-refractivity contribution in [2.45, 2.75) is 96.8 Å². The standard InChI is InChI=1S/C16H32O2.CH4N2O.Na/c1-2-3-4-5-6-7-8-9-10-11-12-13-14-15-16(17)18;2-1(3)4;/h2-15H2,1H3,(H,17,18);(H4,2,3,4);/q;;+1/p-1. The Balaban J connectivity index is -0.000000712. The van der Waals surface area contributed by atoms with Crippen LogP contribution in [0.4, 0.5) is 4.79 Å². The van der Waals surface area contributed by atoms with Crippen molar-refractivity contribution in [2.75, 3.05) is 0 Å². The molecule has 0 atom stereocenters. The zero-order valence-corrected chi connectivity index (χ0v) is 17.3. The number of primary amides is 2. The van der Waals surface area contributed by atoms with Gasteiger partial charge in [0.25, 0.3) is 0 Å². The van der Waals surface area contributed by atoms with E-state index >= 15 is 0 Å². The van der Waals surface area contributed by atoms with Gasteiger partial charge in [-0.2, -0.15) is 0 Å². The number of carbonyl (C=O) groups is 2. The van der Waals surface area contributed by atoms with Crippen molar-refractivity contribution >= 4 is 12.0 Å².